The Bertz CT molecular complexity index is 1120. The average Bonchev–Trinajstić information content (AvgIpc) is 3.07. The van der Waals surface area contributed by atoms with Crippen molar-refractivity contribution >= 4 is 31.4 Å². The van der Waals surface area contributed by atoms with Crippen molar-refractivity contribution in [3.8, 4) is 11.1 Å². The minimum atomic E-state index is -3.51. The summed E-state index contributed by atoms with van der Waals surface area (Å²) in [4.78, 5) is 4.28. The molecule has 0 unspecified atom stereocenters. The van der Waals surface area contributed by atoms with Gasteiger partial charge in [0.15, 0.2) is 22.3 Å². The van der Waals surface area contributed by atoms with Gasteiger partial charge in [0.25, 0.3) is 0 Å². The Balaban J connectivity index is 2.15. The molecule has 2 aromatic carbocycles. The van der Waals surface area contributed by atoms with E-state index in [4.69, 9.17) is 0 Å². The molecule has 1 aliphatic rings. The van der Waals surface area contributed by atoms with Crippen LogP contribution in [0, 0.1) is 0 Å². The third-order valence-corrected chi connectivity index (χ3v) is 5.34. The van der Waals surface area contributed by atoms with E-state index >= 15 is 0 Å². The van der Waals surface area contributed by atoms with E-state index in [9.17, 15) is 16.8 Å². The number of nitrogens with zero attached hydrogens (tertiary/aromatic N) is 3. The molecular weight excluding hydrogens is 376 g/mol. The second-order valence-corrected chi connectivity index (χ2v) is 9.50. The van der Waals surface area contributed by atoms with Crippen LogP contribution in [0.1, 0.15) is 5.56 Å². The highest BCUT2D eigenvalue weighted by atomic mass is 32.2. The lowest BCUT2D eigenvalue weighted by molar-refractivity contribution is 0.601. The van der Waals surface area contributed by atoms with Gasteiger partial charge in [-0.3, -0.25) is 4.72 Å². The molecule has 26 heavy (non-hydrogen) atoms. The molecule has 0 radical (unpaired) electrons. The van der Waals surface area contributed by atoms with Gasteiger partial charge in [-0.2, -0.15) is 5.11 Å². The molecular formula is C16H16N4O4S2. The van der Waals surface area contributed by atoms with E-state index in [-0.39, 0.29) is 17.4 Å². The second-order valence-electron chi connectivity index (χ2n) is 5.77. The first kappa shape index (κ1) is 18.2. The fraction of sp³-hybridized carbons (Fsp3) is 0.188. The zero-order valence-electron chi connectivity index (χ0n) is 14.0. The van der Waals surface area contributed by atoms with Crippen LogP contribution in [0.15, 0.2) is 62.6 Å². The van der Waals surface area contributed by atoms with E-state index < -0.39 is 19.9 Å². The number of nitrogens with one attached hydrogen (secondary N) is 1. The van der Waals surface area contributed by atoms with Crippen molar-refractivity contribution in [2.45, 2.75) is 4.90 Å². The number of sulfonamides is 1. The number of amidine groups is 1. The minimum Gasteiger partial charge on any atom is -0.284 e. The zero-order chi connectivity index (χ0) is 18.9. The van der Waals surface area contributed by atoms with E-state index in [0.29, 0.717) is 22.4 Å². The van der Waals surface area contributed by atoms with Crippen LogP contribution in [0.4, 0.5) is 5.69 Å². The predicted molar refractivity (Wildman–Crippen MR) is 99.7 cm³/mol. The summed E-state index contributed by atoms with van der Waals surface area (Å²) in [7, 11) is -6.89. The summed E-state index contributed by atoms with van der Waals surface area (Å²) < 4.78 is 49.4. The summed E-state index contributed by atoms with van der Waals surface area (Å²) >= 11 is 0. The normalized spacial score (nSPS) is 14.3. The monoisotopic (exact) mass is 392 g/mol. The molecule has 0 saturated carbocycles. The fourth-order valence-electron chi connectivity index (χ4n) is 2.60. The van der Waals surface area contributed by atoms with Crippen molar-refractivity contribution in [2.24, 2.45) is 15.2 Å². The summed E-state index contributed by atoms with van der Waals surface area (Å²) in [5.74, 6) is 0.263. The largest absolute Gasteiger partial charge is 0.284 e. The van der Waals surface area contributed by atoms with Crippen LogP contribution in [-0.2, 0) is 19.9 Å². The topological polar surface area (TPSA) is 117 Å². The van der Waals surface area contributed by atoms with Crippen molar-refractivity contribution in [1.82, 2.24) is 0 Å². The van der Waals surface area contributed by atoms with Gasteiger partial charge in [0.2, 0.25) is 10.0 Å². The number of hydrogen-bond acceptors (Lipinski definition) is 7. The van der Waals surface area contributed by atoms with Crippen molar-refractivity contribution in [2.75, 3.05) is 23.9 Å². The molecule has 0 aromatic heterocycles. The molecule has 0 amide bonds. The highest BCUT2D eigenvalue weighted by Crippen LogP contribution is 2.31. The Morgan fingerprint density at radius 1 is 0.962 bits per heavy atom. The third kappa shape index (κ3) is 3.97. The number of hydrogen-bond donors (Lipinski definition) is 1. The summed E-state index contributed by atoms with van der Waals surface area (Å²) in [6, 6.07) is 11.5. The minimum absolute atomic E-state index is 0.118. The zero-order valence-corrected chi connectivity index (χ0v) is 15.7. The van der Waals surface area contributed by atoms with E-state index in [2.05, 4.69) is 19.9 Å². The smallest absolute Gasteiger partial charge is 0.229 e. The molecule has 3 rings (SSSR count). The lowest BCUT2D eigenvalue weighted by atomic mass is 9.98. The third-order valence-electron chi connectivity index (χ3n) is 3.60. The Morgan fingerprint density at radius 3 is 2.19 bits per heavy atom. The molecule has 1 heterocycles. The first-order chi connectivity index (χ1) is 12.1. The maximum atomic E-state index is 12.2. The number of azo groups is 1. The van der Waals surface area contributed by atoms with Crippen LogP contribution in [-0.4, -0.2) is 41.9 Å². The van der Waals surface area contributed by atoms with Crippen molar-refractivity contribution < 1.29 is 16.8 Å². The average molecular weight is 392 g/mol. The van der Waals surface area contributed by atoms with Gasteiger partial charge in [0.1, 0.15) is 0 Å². The molecule has 0 atom stereocenters. The number of anilines is 1. The van der Waals surface area contributed by atoms with Gasteiger partial charge < -0.3 is 0 Å². The molecule has 0 bridgehead atoms. The molecule has 1 N–H and O–H groups in total. The van der Waals surface area contributed by atoms with Crippen LogP contribution in [0.25, 0.3) is 11.1 Å². The number of rotatable bonds is 5. The maximum absolute atomic E-state index is 12.2. The van der Waals surface area contributed by atoms with Gasteiger partial charge in [-0.15, -0.1) is 5.11 Å². The molecule has 8 nitrogen and oxygen atoms in total. The van der Waals surface area contributed by atoms with Gasteiger partial charge in [0, 0.05) is 17.5 Å². The van der Waals surface area contributed by atoms with E-state index in [1.807, 2.05) is 0 Å². The molecule has 2 aromatic rings. The standard InChI is InChI=1S/C16H16N4O4S2/c1-25(21,22)14-5-3-4-13(15(14)16-17-10-18-19-16)11-6-8-12(9-7-11)20-26(2,23)24/h3-9,20H,10H2,1-2H3. The maximum Gasteiger partial charge on any atom is 0.229 e. The molecule has 10 heteroatoms. The predicted octanol–water partition coefficient (Wildman–Crippen LogP) is 2.30. The van der Waals surface area contributed by atoms with Crippen LogP contribution in [0.5, 0.6) is 0 Å². The summed E-state index contributed by atoms with van der Waals surface area (Å²) in [5.41, 5.74) is 2.13. The lowest BCUT2D eigenvalue weighted by Gasteiger charge is -2.13. The first-order valence-corrected chi connectivity index (χ1v) is 11.3. The highest BCUT2D eigenvalue weighted by Gasteiger charge is 2.23. The van der Waals surface area contributed by atoms with Gasteiger partial charge >= 0.3 is 0 Å². The highest BCUT2D eigenvalue weighted by molar-refractivity contribution is 7.92. The molecule has 0 saturated heterocycles. The van der Waals surface area contributed by atoms with Crippen LogP contribution >= 0.6 is 0 Å². The van der Waals surface area contributed by atoms with Gasteiger partial charge in [-0.25, -0.2) is 21.8 Å². The lowest BCUT2D eigenvalue weighted by Crippen LogP contribution is -2.10. The number of benzene rings is 2. The Morgan fingerprint density at radius 2 is 1.65 bits per heavy atom. The Hall–Kier alpha value is -2.59. The molecule has 0 spiro atoms. The molecule has 1 aliphatic heterocycles. The summed E-state index contributed by atoms with van der Waals surface area (Å²) in [6.45, 7) is 0.157. The second kappa shape index (κ2) is 6.61. The van der Waals surface area contributed by atoms with E-state index in [1.54, 1.807) is 36.4 Å². The van der Waals surface area contributed by atoms with Crippen LogP contribution in [0.2, 0.25) is 0 Å². The van der Waals surface area contributed by atoms with E-state index in [0.717, 1.165) is 12.5 Å². The molecule has 136 valence electrons. The van der Waals surface area contributed by atoms with E-state index in [1.165, 1.54) is 6.07 Å². The Labute approximate surface area is 151 Å². The van der Waals surface area contributed by atoms with Crippen LogP contribution < -0.4 is 4.72 Å². The van der Waals surface area contributed by atoms with Gasteiger partial charge in [-0.1, -0.05) is 24.3 Å². The van der Waals surface area contributed by atoms with Crippen molar-refractivity contribution in [3.05, 3.63) is 48.0 Å². The van der Waals surface area contributed by atoms with Gasteiger partial charge in [0.05, 0.1) is 11.2 Å². The summed E-state index contributed by atoms with van der Waals surface area (Å²) in [5, 5.41) is 7.75. The van der Waals surface area contributed by atoms with Crippen LogP contribution in [0.3, 0.4) is 0 Å². The first-order valence-electron chi connectivity index (χ1n) is 7.49. The van der Waals surface area contributed by atoms with Gasteiger partial charge in [-0.05, 0) is 29.3 Å². The number of aliphatic imine (C=N–C) groups is 1. The summed E-state index contributed by atoms with van der Waals surface area (Å²) in [6.07, 6.45) is 2.19. The Kier molecular flexibility index (Phi) is 4.63. The van der Waals surface area contributed by atoms with Crippen molar-refractivity contribution in [1.29, 1.82) is 0 Å². The SMILES string of the molecule is CS(=O)(=O)Nc1ccc(-c2cccc(S(C)(=O)=O)c2C2=NCN=N2)cc1. The molecule has 0 fully saturated rings. The fourth-order valence-corrected chi connectivity index (χ4v) is 4.06. The number of sulfone groups is 1. The van der Waals surface area contributed by atoms with Crippen molar-refractivity contribution in [3.63, 3.8) is 0 Å². The quantitative estimate of drug-likeness (QED) is 0.840. The molecule has 0 aliphatic carbocycles.